The number of aryl methyl sites for hydroxylation is 1. The van der Waals surface area contributed by atoms with Crippen LogP contribution < -0.4 is 16.4 Å². The number of anilines is 1. The Morgan fingerprint density at radius 2 is 1.89 bits per heavy atom. The molecule has 8 heteroatoms. The van der Waals surface area contributed by atoms with Crippen molar-refractivity contribution in [3.05, 3.63) is 63.6 Å². The lowest BCUT2D eigenvalue weighted by atomic mass is 10.2. The first-order chi connectivity index (χ1) is 13.0. The van der Waals surface area contributed by atoms with Gasteiger partial charge in [0, 0.05) is 23.7 Å². The summed E-state index contributed by atoms with van der Waals surface area (Å²) < 4.78 is 6.51. The third-order valence-electron chi connectivity index (χ3n) is 4.12. The van der Waals surface area contributed by atoms with E-state index in [1.54, 1.807) is 49.4 Å². The summed E-state index contributed by atoms with van der Waals surface area (Å²) in [5.74, 6) is -1.22. The Morgan fingerprint density at radius 3 is 2.70 bits per heavy atom. The SMILES string of the molecule is Cc1c(Cl)cccc1NC(=O)CNC(=O)CCn1c(=O)oc2ccccc21. The summed E-state index contributed by atoms with van der Waals surface area (Å²) >= 11 is 6.01. The average Bonchev–Trinajstić information content (AvgIpc) is 2.97. The van der Waals surface area contributed by atoms with E-state index >= 15 is 0 Å². The van der Waals surface area contributed by atoms with Gasteiger partial charge in [-0.15, -0.1) is 0 Å². The lowest BCUT2D eigenvalue weighted by molar-refractivity contribution is -0.124. The molecular weight excluding hydrogens is 370 g/mol. The Balaban J connectivity index is 1.52. The first-order valence-electron chi connectivity index (χ1n) is 8.36. The highest BCUT2D eigenvalue weighted by Gasteiger charge is 2.12. The van der Waals surface area contributed by atoms with Gasteiger partial charge in [-0.2, -0.15) is 0 Å². The number of carbonyl (C=O) groups excluding carboxylic acids is 2. The molecule has 0 saturated carbocycles. The standard InChI is InChI=1S/C19H18ClN3O4/c1-12-13(20)5-4-6-14(12)22-18(25)11-21-17(24)9-10-23-15-7-2-3-8-16(15)27-19(23)26/h2-8H,9-11H2,1H3,(H,21,24)(H,22,25). The van der Waals surface area contributed by atoms with Gasteiger partial charge >= 0.3 is 5.76 Å². The summed E-state index contributed by atoms with van der Waals surface area (Å²) in [4.78, 5) is 35.9. The first-order valence-corrected chi connectivity index (χ1v) is 8.73. The number of halogens is 1. The van der Waals surface area contributed by atoms with Gasteiger partial charge in [-0.3, -0.25) is 14.2 Å². The molecule has 0 fully saturated rings. The van der Waals surface area contributed by atoms with Crippen LogP contribution in [0.5, 0.6) is 0 Å². The predicted molar refractivity (Wildman–Crippen MR) is 103 cm³/mol. The second-order valence-electron chi connectivity index (χ2n) is 5.97. The zero-order valence-corrected chi connectivity index (χ0v) is 15.4. The second kappa shape index (κ2) is 8.09. The van der Waals surface area contributed by atoms with E-state index in [0.717, 1.165) is 5.56 Å². The predicted octanol–water partition coefficient (Wildman–Crippen LogP) is 2.70. The van der Waals surface area contributed by atoms with Crippen LogP contribution in [0, 0.1) is 6.92 Å². The molecule has 0 radical (unpaired) electrons. The molecular formula is C19H18ClN3O4. The molecule has 0 spiro atoms. The molecule has 0 saturated heterocycles. The van der Waals surface area contributed by atoms with E-state index in [4.69, 9.17) is 16.0 Å². The Bertz CT molecular complexity index is 1050. The van der Waals surface area contributed by atoms with Crippen molar-refractivity contribution in [2.75, 3.05) is 11.9 Å². The molecule has 3 aromatic rings. The third-order valence-corrected chi connectivity index (χ3v) is 4.53. The molecule has 2 N–H and O–H groups in total. The maximum Gasteiger partial charge on any atom is 0.419 e. The molecule has 27 heavy (non-hydrogen) atoms. The van der Waals surface area contributed by atoms with E-state index in [1.807, 2.05) is 0 Å². The molecule has 1 aromatic heterocycles. The van der Waals surface area contributed by atoms with Crippen LogP contribution in [0.3, 0.4) is 0 Å². The number of hydrogen-bond acceptors (Lipinski definition) is 4. The van der Waals surface area contributed by atoms with Crippen molar-refractivity contribution < 1.29 is 14.0 Å². The lowest BCUT2D eigenvalue weighted by Crippen LogP contribution is -2.33. The van der Waals surface area contributed by atoms with Crippen molar-refractivity contribution in [2.24, 2.45) is 0 Å². The number of aromatic nitrogens is 1. The Kier molecular flexibility index (Phi) is 5.61. The third kappa shape index (κ3) is 4.38. The largest absolute Gasteiger partial charge is 0.419 e. The summed E-state index contributed by atoms with van der Waals surface area (Å²) in [6.07, 6.45) is 0.0485. The lowest BCUT2D eigenvalue weighted by Gasteiger charge is -2.10. The van der Waals surface area contributed by atoms with Crippen molar-refractivity contribution in [3.63, 3.8) is 0 Å². The van der Waals surface area contributed by atoms with Crippen LogP contribution in [-0.2, 0) is 16.1 Å². The number of rotatable bonds is 6. The van der Waals surface area contributed by atoms with E-state index in [9.17, 15) is 14.4 Å². The van der Waals surface area contributed by atoms with E-state index < -0.39 is 5.76 Å². The zero-order valence-electron chi connectivity index (χ0n) is 14.6. The number of oxazole rings is 1. The normalized spacial score (nSPS) is 10.7. The van der Waals surface area contributed by atoms with Gasteiger partial charge < -0.3 is 15.1 Å². The van der Waals surface area contributed by atoms with E-state index in [-0.39, 0.29) is 31.3 Å². The zero-order chi connectivity index (χ0) is 19.4. The van der Waals surface area contributed by atoms with Crippen molar-refractivity contribution in [2.45, 2.75) is 19.9 Å². The van der Waals surface area contributed by atoms with Gasteiger partial charge in [-0.1, -0.05) is 29.8 Å². The number of nitrogens with one attached hydrogen (secondary N) is 2. The monoisotopic (exact) mass is 387 g/mol. The van der Waals surface area contributed by atoms with Crippen LogP contribution in [0.25, 0.3) is 11.1 Å². The fraction of sp³-hybridized carbons (Fsp3) is 0.211. The Labute approximate surface area is 159 Å². The minimum absolute atomic E-state index is 0.0485. The minimum Gasteiger partial charge on any atom is -0.408 e. The number of hydrogen-bond donors (Lipinski definition) is 2. The molecule has 0 atom stereocenters. The van der Waals surface area contributed by atoms with Gasteiger partial charge in [0.1, 0.15) is 0 Å². The van der Waals surface area contributed by atoms with Crippen LogP contribution in [0.2, 0.25) is 5.02 Å². The molecule has 1 heterocycles. The maximum atomic E-state index is 12.0. The highest BCUT2D eigenvalue weighted by atomic mass is 35.5. The van der Waals surface area contributed by atoms with E-state index in [2.05, 4.69) is 10.6 Å². The maximum absolute atomic E-state index is 12.0. The van der Waals surface area contributed by atoms with Crippen LogP contribution in [0.4, 0.5) is 5.69 Å². The Morgan fingerprint density at radius 1 is 1.11 bits per heavy atom. The van der Waals surface area contributed by atoms with Crippen molar-refractivity contribution in [1.29, 1.82) is 0 Å². The Hall–Kier alpha value is -3.06. The molecule has 140 valence electrons. The van der Waals surface area contributed by atoms with Crippen LogP contribution in [-0.4, -0.2) is 22.9 Å². The smallest absolute Gasteiger partial charge is 0.408 e. The minimum atomic E-state index is -0.516. The van der Waals surface area contributed by atoms with E-state index in [0.29, 0.717) is 21.8 Å². The van der Waals surface area contributed by atoms with Gasteiger partial charge in [0.05, 0.1) is 12.1 Å². The van der Waals surface area contributed by atoms with Gasteiger partial charge in [-0.05, 0) is 36.8 Å². The van der Waals surface area contributed by atoms with Crippen LogP contribution in [0.1, 0.15) is 12.0 Å². The number of nitrogens with zero attached hydrogens (tertiary/aromatic N) is 1. The number of benzene rings is 2. The van der Waals surface area contributed by atoms with Gasteiger partial charge in [0.15, 0.2) is 5.58 Å². The first kappa shape index (κ1) is 18.7. The number of para-hydroxylation sites is 2. The second-order valence-corrected chi connectivity index (χ2v) is 6.38. The van der Waals surface area contributed by atoms with E-state index in [1.165, 1.54) is 4.57 Å². The molecule has 0 aliphatic carbocycles. The molecule has 0 unspecified atom stereocenters. The van der Waals surface area contributed by atoms with Crippen molar-refractivity contribution in [3.8, 4) is 0 Å². The summed E-state index contributed by atoms with van der Waals surface area (Å²) in [5, 5.41) is 5.79. The van der Waals surface area contributed by atoms with Crippen LogP contribution >= 0.6 is 11.6 Å². The molecule has 0 aliphatic rings. The van der Waals surface area contributed by atoms with Crippen molar-refractivity contribution >= 4 is 40.2 Å². The quantitative estimate of drug-likeness (QED) is 0.680. The summed E-state index contributed by atoms with van der Waals surface area (Å²) in [5.41, 5.74) is 2.45. The van der Waals surface area contributed by atoms with Crippen LogP contribution in [0.15, 0.2) is 51.7 Å². The summed E-state index contributed by atoms with van der Waals surface area (Å²) in [6, 6.07) is 12.2. The summed E-state index contributed by atoms with van der Waals surface area (Å²) in [6.45, 7) is 1.78. The highest BCUT2D eigenvalue weighted by molar-refractivity contribution is 6.31. The van der Waals surface area contributed by atoms with Crippen molar-refractivity contribution in [1.82, 2.24) is 9.88 Å². The highest BCUT2D eigenvalue weighted by Crippen LogP contribution is 2.22. The number of amides is 2. The average molecular weight is 388 g/mol. The molecule has 0 bridgehead atoms. The van der Waals surface area contributed by atoms with Gasteiger partial charge in [0.25, 0.3) is 0 Å². The molecule has 3 rings (SSSR count). The number of fused-ring (bicyclic) bond motifs is 1. The van der Waals surface area contributed by atoms with Gasteiger partial charge in [0.2, 0.25) is 11.8 Å². The van der Waals surface area contributed by atoms with Gasteiger partial charge in [-0.25, -0.2) is 4.79 Å². The fourth-order valence-electron chi connectivity index (χ4n) is 2.64. The molecule has 0 aliphatic heterocycles. The molecule has 2 amide bonds. The fourth-order valence-corrected chi connectivity index (χ4v) is 2.82. The number of carbonyl (C=O) groups is 2. The molecule has 2 aromatic carbocycles. The summed E-state index contributed by atoms with van der Waals surface area (Å²) in [7, 11) is 0. The topological polar surface area (TPSA) is 93.3 Å². The molecule has 7 nitrogen and oxygen atoms in total.